The second-order valence-electron chi connectivity index (χ2n) is 4.76. The van der Waals surface area contributed by atoms with Crippen LogP contribution in [0, 0.1) is 12.7 Å². The summed E-state index contributed by atoms with van der Waals surface area (Å²) in [6, 6.07) is 4.89. The second kappa shape index (κ2) is 8.67. The fourth-order valence-corrected chi connectivity index (χ4v) is 2.38. The van der Waals surface area contributed by atoms with E-state index in [0.29, 0.717) is 12.1 Å². The molecule has 1 aromatic carbocycles. The summed E-state index contributed by atoms with van der Waals surface area (Å²) >= 11 is 1.38. The number of aryl methyl sites for hydroxylation is 1. The molecule has 0 aromatic heterocycles. The summed E-state index contributed by atoms with van der Waals surface area (Å²) in [5, 5.41) is 2.74. The summed E-state index contributed by atoms with van der Waals surface area (Å²) in [7, 11) is 1.34. The molecule has 21 heavy (non-hydrogen) atoms. The molecule has 0 radical (unpaired) electrons. The fourth-order valence-electron chi connectivity index (χ4n) is 1.59. The highest BCUT2D eigenvalue weighted by molar-refractivity contribution is 8.00. The van der Waals surface area contributed by atoms with Gasteiger partial charge in [-0.1, -0.05) is 19.1 Å². The van der Waals surface area contributed by atoms with Crippen molar-refractivity contribution in [2.75, 3.05) is 12.9 Å². The van der Waals surface area contributed by atoms with Gasteiger partial charge in [0.05, 0.1) is 19.3 Å². The quantitative estimate of drug-likeness (QED) is 0.786. The number of carbonyl (C=O) groups is 2. The number of rotatable bonds is 7. The van der Waals surface area contributed by atoms with Gasteiger partial charge in [0, 0.05) is 11.8 Å². The van der Waals surface area contributed by atoms with Gasteiger partial charge in [0.1, 0.15) is 5.82 Å². The molecular weight excluding hydrogens is 293 g/mol. The lowest BCUT2D eigenvalue weighted by atomic mass is 10.1. The van der Waals surface area contributed by atoms with Gasteiger partial charge >= 0.3 is 5.97 Å². The summed E-state index contributed by atoms with van der Waals surface area (Å²) in [4.78, 5) is 22.8. The molecule has 0 saturated carbocycles. The maximum atomic E-state index is 13.4. The Bertz CT molecular complexity index is 508. The van der Waals surface area contributed by atoms with Gasteiger partial charge in [-0.2, -0.15) is 0 Å². The van der Waals surface area contributed by atoms with Crippen LogP contribution in [-0.4, -0.2) is 30.0 Å². The van der Waals surface area contributed by atoms with Crippen LogP contribution in [0.3, 0.4) is 0 Å². The van der Waals surface area contributed by atoms with Crippen LogP contribution >= 0.6 is 11.8 Å². The summed E-state index contributed by atoms with van der Waals surface area (Å²) in [5.74, 6) is -0.446. The molecule has 0 aliphatic rings. The van der Waals surface area contributed by atoms with Gasteiger partial charge in [0.15, 0.2) is 0 Å². The molecule has 0 spiro atoms. The minimum absolute atomic E-state index is 0.0139. The Labute approximate surface area is 128 Å². The number of halogens is 1. The Kier molecular flexibility index (Phi) is 7.22. The largest absolute Gasteiger partial charge is 0.469 e. The van der Waals surface area contributed by atoms with E-state index in [4.69, 9.17) is 0 Å². The highest BCUT2D eigenvalue weighted by Gasteiger charge is 2.11. The number of nitrogens with one attached hydrogen (secondary N) is 1. The topological polar surface area (TPSA) is 55.4 Å². The van der Waals surface area contributed by atoms with Crippen molar-refractivity contribution >= 4 is 23.6 Å². The lowest BCUT2D eigenvalue weighted by Crippen LogP contribution is -2.25. The highest BCUT2D eigenvalue weighted by Crippen LogP contribution is 2.14. The first-order valence-corrected chi connectivity index (χ1v) is 7.67. The summed E-state index contributed by atoms with van der Waals surface area (Å²) in [5.41, 5.74) is 1.30. The molecule has 0 bridgehead atoms. The second-order valence-corrected chi connectivity index (χ2v) is 6.19. The van der Waals surface area contributed by atoms with E-state index in [1.54, 1.807) is 19.1 Å². The zero-order chi connectivity index (χ0) is 15.8. The van der Waals surface area contributed by atoms with Crippen molar-refractivity contribution < 1.29 is 18.7 Å². The molecule has 0 heterocycles. The number of benzene rings is 1. The molecule has 1 aromatic rings. The Morgan fingerprint density at radius 3 is 2.76 bits per heavy atom. The Balaban J connectivity index is 2.30. The van der Waals surface area contributed by atoms with Gasteiger partial charge in [-0.3, -0.25) is 9.59 Å². The molecule has 0 aliphatic heterocycles. The van der Waals surface area contributed by atoms with E-state index in [0.717, 1.165) is 5.56 Å². The molecule has 0 fully saturated rings. The monoisotopic (exact) mass is 313 g/mol. The van der Waals surface area contributed by atoms with Crippen LogP contribution in [0.4, 0.5) is 4.39 Å². The number of esters is 1. The van der Waals surface area contributed by atoms with E-state index in [-0.39, 0.29) is 35.1 Å². The first kappa shape index (κ1) is 17.5. The van der Waals surface area contributed by atoms with E-state index < -0.39 is 0 Å². The van der Waals surface area contributed by atoms with Crippen molar-refractivity contribution in [3.8, 4) is 0 Å². The van der Waals surface area contributed by atoms with Gasteiger partial charge in [0.25, 0.3) is 0 Å². The van der Waals surface area contributed by atoms with Gasteiger partial charge in [0.2, 0.25) is 5.91 Å². The Hall–Kier alpha value is -1.56. The van der Waals surface area contributed by atoms with Gasteiger partial charge in [-0.15, -0.1) is 11.8 Å². The third-order valence-corrected chi connectivity index (χ3v) is 4.07. The van der Waals surface area contributed by atoms with Gasteiger partial charge in [-0.25, -0.2) is 4.39 Å². The molecule has 1 N–H and O–H groups in total. The van der Waals surface area contributed by atoms with Crippen LogP contribution in [0.2, 0.25) is 0 Å². The van der Waals surface area contributed by atoms with Crippen molar-refractivity contribution in [1.29, 1.82) is 0 Å². The summed E-state index contributed by atoms with van der Waals surface area (Å²) in [6.45, 7) is 3.85. The summed E-state index contributed by atoms with van der Waals surface area (Å²) in [6.07, 6.45) is 0.275. The minimum atomic E-state index is -0.287. The average Bonchev–Trinajstić information content (AvgIpc) is 2.46. The maximum absolute atomic E-state index is 13.4. The zero-order valence-electron chi connectivity index (χ0n) is 12.4. The lowest BCUT2D eigenvalue weighted by Gasteiger charge is -2.10. The molecule has 0 saturated heterocycles. The number of ether oxygens (including phenoxy) is 1. The van der Waals surface area contributed by atoms with Crippen LogP contribution < -0.4 is 5.32 Å². The molecular formula is C15H20FNO3S. The zero-order valence-corrected chi connectivity index (χ0v) is 13.3. The fraction of sp³-hybridized carbons (Fsp3) is 0.467. The highest BCUT2D eigenvalue weighted by atomic mass is 32.2. The number of methoxy groups -OCH3 is 1. The van der Waals surface area contributed by atoms with Crippen LogP contribution in [0.5, 0.6) is 0 Å². The number of hydrogen-bond acceptors (Lipinski definition) is 4. The number of carbonyl (C=O) groups excluding carboxylic acids is 2. The SMILES string of the molecule is COC(=O)CC(C)SCC(=O)NCc1ccc(C)c(F)c1. The Morgan fingerprint density at radius 1 is 1.43 bits per heavy atom. The van der Waals surface area contributed by atoms with Crippen molar-refractivity contribution in [2.24, 2.45) is 0 Å². The van der Waals surface area contributed by atoms with E-state index in [9.17, 15) is 14.0 Å². The molecule has 0 aliphatic carbocycles. The van der Waals surface area contributed by atoms with Crippen molar-refractivity contribution in [3.63, 3.8) is 0 Å². The van der Waals surface area contributed by atoms with Gasteiger partial charge < -0.3 is 10.1 Å². The Morgan fingerprint density at radius 2 is 2.14 bits per heavy atom. The van der Waals surface area contributed by atoms with E-state index in [1.165, 1.54) is 24.9 Å². The molecule has 1 atom stereocenters. The molecule has 6 heteroatoms. The van der Waals surface area contributed by atoms with Crippen LogP contribution in [-0.2, 0) is 20.9 Å². The first-order chi connectivity index (χ1) is 9.92. The third kappa shape index (κ3) is 6.62. The average molecular weight is 313 g/mol. The normalized spacial score (nSPS) is 11.8. The molecule has 116 valence electrons. The maximum Gasteiger partial charge on any atom is 0.306 e. The first-order valence-electron chi connectivity index (χ1n) is 6.62. The number of amides is 1. The summed E-state index contributed by atoms with van der Waals surface area (Å²) < 4.78 is 17.9. The smallest absolute Gasteiger partial charge is 0.306 e. The molecule has 1 rings (SSSR count). The molecule has 4 nitrogen and oxygen atoms in total. The van der Waals surface area contributed by atoms with Gasteiger partial charge in [-0.05, 0) is 24.1 Å². The van der Waals surface area contributed by atoms with Crippen LogP contribution in [0.25, 0.3) is 0 Å². The molecule has 1 unspecified atom stereocenters. The molecule has 1 amide bonds. The lowest BCUT2D eigenvalue weighted by molar-refractivity contribution is -0.140. The third-order valence-electron chi connectivity index (χ3n) is 2.91. The predicted molar refractivity (Wildman–Crippen MR) is 81.5 cm³/mol. The van der Waals surface area contributed by atoms with Crippen molar-refractivity contribution in [2.45, 2.75) is 32.1 Å². The standard InChI is InChI=1S/C15H20FNO3S/c1-10-4-5-12(7-13(10)16)8-17-14(18)9-21-11(2)6-15(19)20-3/h4-5,7,11H,6,8-9H2,1-3H3,(H,17,18). The van der Waals surface area contributed by atoms with Crippen molar-refractivity contribution in [3.05, 3.63) is 35.1 Å². The van der Waals surface area contributed by atoms with Crippen LogP contribution in [0.15, 0.2) is 18.2 Å². The van der Waals surface area contributed by atoms with Crippen molar-refractivity contribution in [1.82, 2.24) is 5.32 Å². The van der Waals surface area contributed by atoms with E-state index in [2.05, 4.69) is 10.1 Å². The van der Waals surface area contributed by atoms with E-state index >= 15 is 0 Å². The number of thioether (sulfide) groups is 1. The predicted octanol–water partition coefficient (Wildman–Crippen LogP) is 2.44. The van der Waals surface area contributed by atoms with Crippen LogP contribution in [0.1, 0.15) is 24.5 Å². The minimum Gasteiger partial charge on any atom is -0.469 e. The van der Waals surface area contributed by atoms with E-state index in [1.807, 2.05) is 6.92 Å². The number of hydrogen-bond donors (Lipinski definition) is 1.